The zero-order chi connectivity index (χ0) is 19.8. The first kappa shape index (κ1) is 17.9. The van der Waals surface area contributed by atoms with E-state index in [1.807, 2.05) is 60.5 Å². The van der Waals surface area contributed by atoms with Crippen LogP contribution in [-0.4, -0.2) is 35.1 Å². The Morgan fingerprint density at radius 3 is 2.50 bits per heavy atom. The number of hydrogen-bond donors (Lipinski definition) is 2. The zero-order valence-corrected chi connectivity index (χ0v) is 15.9. The Labute approximate surface area is 163 Å². The fourth-order valence-electron chi connectivity index (χ4n) is 3.36. The number of carbonyl (C=O) groups is 1. The number of rotatable bonds is 3. The Bertz CT molecular complexity index is 1050. The van der Waals surface area contributed by atoms with Crippen molar-refractivity contribution in [2.45, 2.75) is 13.0 Å². The molecule has 0 saturated carbocycles. The highest BCUT2D eigenvalue weighted by Gasteiger charge is 2.28. The number of amides is 1. The summed E-state index contributed by atoms with van der Waals surface area (Å²) in [5, 5.41) is 13.2. The SMILES string of the molecule is CC(O)c1ccccc1Nc1ncc2c(n1)N(C)c1ccccc1C(=O)N2C. The smallest absolute Gasteiger partial charge is 0.260 e. The number of aliphatic hydroxyl groups excluding tert-OH is 1. The third kappa shape index (κ3) is 2.95. The number of nitrogens with zero attached hydrogens (tertiary/aromatic N) is 4. The molecule has 7 heteroatoms. The molecule has 1 aliphatic rings. The summed E-state index contributed by atoms with van der Waals surface area (Å²) in [7, 11) is 3.60. The average molecular weight is 375 g/mol. The van der Waals surface area contributed by atoms with Crippen LogP contribution in [0.3, 0.4) is 0 Å². The normalized spacial score (nSPS) is 14.2. The molecule has 3 aromatic rings. The molecular weight excluding hydrogens is 354 g/mol. The molecule has 0 aliphatic carbocycles. The first-order valence-corrected chi connectivity index (χ1v) is 8.99. The van der Waals surface area contributed by atoms with Crippen molar-refractivity contribution in [3.63, 3.8) is 0 Å². The molecule has 0 bridgehead atoms. The second-order valence-corrected chi connectivity index (χ2v) is 6.73. The Balaban J connectivity index is 1.78. The minimum absolute atomic E-state index is 0.107. The lowest BCUT2D eigenvalue weighted by Crippen LogP contribution is -2.25. The van der Waals surface area contributed by atoms with Crippen LogP contribution in [0.2, 0.25) is 0 Å². The Hall–Kier alpha value is -3.45. The summed E-state index contributed by atoms with van der Waals surface area (Å²) >= 11 is 0. The van der Waals surface area contributed by atoms with Gasteiger partial charge in [0.05, 0.1) is 23.6 Å². The zero-order valence-electron chi connectivity index (χ0n) is 15.9. The molecule has 0 radical (unpaired) electrons. The summed E-state index contributed by atoms with van der Waals surface area (Å²) in [5.74, 6) is 0.900. The topological polar surface area (TPSA) is 81.6 Å². The van der Waals surface area contributed by atoms with Crippen LogP contribution in [0.15, 0.2) is 54.7 Å². The van der Waals surface area contributed by atoms with Gasteiger partial charge in [-0.15, -0.1) is 0 Å². The van der Waals surface area contributed by atoms with E-state index in [0.717, 1.165) is 16.9 Å². The first-order chi connectivity index (χ1) is 13.5. The highest BCUT2D eigenvalue weighted by molar-refractivity contribution is 6.13. The molecule has 4 rings (SSSR count). The van der Waals surface area contributed by atoms with Gasteiger partial charge >= 0.3 is 0 Å². The van der Waals surface area contributed by atoms with E-state index in [9.17, 15) is 9.90 Å². The number of aliphatic hydroxyl groups is 1. The van der Waals surface area contributed by atoms with Crippen molar-refractivity contribution in [2.75, 3.05) is 29.2 Å². The average Bonchev–Trinajstić information content (AvgIpc) is 2.79. The van der Waals surface area contributed by atoms with Crippen LogP contribution in [0.5, 0.6) is 0 Å². The molecule has 1 amide bonds. The summed E-state index contributed by atoms with van der Waals surface area (Å²) in [6.45, 7) is 1.71. The summed E-state index contributed by atoms with van der Waals surface area (Å²) in [5.41, 5.74) is 3.51. The van der Waals surface area contributed by atoms with Crippen LogP contribution < -0.4 is 15.1 Å². The minimum Gasteiger partial charge on any atom is -0.389 e. The van der Waals surface area contributed by atoms with Crippen LogP contribution >= 0.6 is 0 Å². The van der Waals surface area contributed by atoms with Gasteiger partial charge in [-0.25, -0.2) is 4.98 Å². The molecule has 1 unspecified atom stereocenters. The largest absolute Gasteiger partial charge is 0.389 e. The highest BCUT2D eigenvalue weighted by Crippen LogP contribution is 2.38. The molecule has 1 atom stereocenters. The number of nitrogens with one attached hydrogen (secondary N) is 1. The van der Waals surface area contributed by atoms with E-state index in [-0.39, 0.29) is 5.91 Å². The maximum absolute atomic E-state index is 12.8. The van der Waals surface area contributed by atoms with Gasteiger partial charge in [0.25, 0.3) is 5.91 Å². The van der Waals surface area contributed by atoms with Crippen molar-refractivity contribution in [1.29, 1.82) is 0 Å². The summed E-state index contributed by atoms with van der Waals surface area (Å²) in [4.78, 5) is 25.3. The summed E-state index contributed by atoms with van der Waals surface area (Å²) in [6.07, 6.45) is 1.01. The number of carbonyl (C=O) groups excluding carboxylic acids is 1. The number of aromatic nitrogens is 2. The van der Waals surface area contributed by atoms with Crippen LogP contribution in [0.25, 0.3) is 0 Å². The van der Waals surface area contributed by atoms with Crippen LogP contribution in [0.1, 0.15) is 28.9 Å². The molecule has 2 N–H and O–H groups in total. The van der Waals surface area contributed by atoms with Gasteiger partial charge in [-0.3, -0.25) is 4.79 Å². The predicted octanol–water partition coefficient (Wildman–Crippen LogP) is 3.63. The van der Waals surface area contributed by atoms with Crippen molar-refractivity contribution in [2.24, 2.45) is 0 Å². The maximum Gasteiger partial charge on any atom is 0.260 e. The van der Waals surface area contributed by atoms with Crippen LogP contribution in [-0.2, 0) is 0 Å². The van der Waals surface area contributed by atoms with Crippen molar-refractivity contribution < 1.29 is 9.90 Å². The minimum atomic E-state index is -0.622. The van der Waals surface area contributed by atoms with Crippen molar-refractivity contribution in [3.8, 4) is 0 Å². The third-order valence-electron chi connectivity index (χ3n) is 4.89. The fraction of sp³-hybridized carbons (Fsp3) is 0.190. The lowest BCUT2D eigenvalue weighted by Gasteiger charge is -2.21. The third-order valence-corrected chi connectivity index (χ3v) is 4.89. The van der Waals surface area contributed by atoms with E-state index < -0.39 is 6.10 Å². The van der Waals surface area contributed by atoms with Gasteiger partial charge in [-0.05, 0) is 25.1 Å². The molecule has 1 aliphatic heterocycles. The number of benzene rings is 2. The molecule has 7 nitrogen and oxygen atoms in total. The molecule has 2 aromatic carbocycles. The molecule has 28 heavy (non-hydrogen) atoms. The molecule has 142 valence electrons. The number of anilines is 5. The molecule has 0 fully saturated rings. The van der Waals surface area contributed by atoms with E-state index >= 15 is 0 Å². The van der Waals surface area contributed by atoms with E-state index in [1.54, 1.807) is 25.1 Å². The quantitative estimate of drug-likeness (QED) is 0.728. The van der Waals surface area contributed by atoms with Crippen molar-refractivity contribution in [3.05, 3.63) is 65.9 Å². The van der Waals surface area contributed by atoms with Crippen molar-refractivity contribution >= 4 is 34.7 Å². The lowest BCUT2D eigenvalue weighted by molar-refractivity contribution is 0.0994. The lowest BCUT2D eigenvalue weighted by atomic mass is 10.1. The Morgan fingerprint density at radius 1 is 1.00 bits per heavy atom. The second-order valence-electron chi connectivity index (χ2n) is 6.73. The monoisotopic (exact) mass is 375 g/mol. The van der Waals surface area contributed by atoms with Gasteiger partial charge in [-0.2, -0.15) is 4.98 Å². The Morgan fingerprint density at radius 2 is 1.71 bits per heavy atom. The van der Waals surface area contributed by atoms with Gasteiger partial charge in [0, 0.05) is 25.3 Å². The molecule has 0 spiro atoms. The van der Waals surface area contributed by atoms with Gasteiger partial charge in [0.15, 0.2) is 5.82 Å². The molecule has 0 saturated heterocycles. The van der Waals surface area contributed by atoms with Crippen molar-refractivity contribution in [1.82, 2.24) is 9.97 Å². The van der Waals surface area contributed by atoms with E-state index in [1.165, 1.54) is 0 Å². The molecule has 1 aromatic heterocycles. The predicted molar refractivity (Wildman–Crippen MR) is 110 cm³/mol. The van der Waals surface area contributed by atoms with Gasteiger partial charge < -0.3 is 20.2 Å². The van der Waals surface area contributed by atoms with Gasteiger partial charge in [0.2, 0.25) is 5.95 Å². The van der Waals surface area contributed by atoms with Crippen LogP contribution in [0, 0.1) is 0 Å². The number of hydrogen-bond acceptors (Lipinski definition) is 6. The summed E-state index contributed by atoms with van der Waals surface area (Å²) in [6, 6.07) is 14.9. The fourth-order valence-corrected chi connectivity index (χ4v) is 3.36. The standard InChI is InChI=1S/C21H21N5O2/c1-13(27)14-8-4-6-10-16(14)23-21-22-12-18-19(24-21)25(2)17-11-7-5-9-15(17)20(28)26(18)3/h4-13,27H,1-3H3,(H,22,23,24). The first-order valence-electron chi connectivity index (χ1n) is 8.99. The Kier molecular flexibility index (Phi) is 4.44. The molecule has 2 heterocycles. The van der Waals surface area contributed by atoms with E-state index in [4.69, 9.17) is 0 Å². The number of fused-ring (bicyclic) bond motifs is 2. The number of para-hydroxylation sites is 2. The van der Waals surface area contributed by atoms with E-state index in [0.29, 0.717) is 23.0 Å². The second kappa shape index (κ2) is 6.94. The molecular formula is C21H21N5O2. The van der Waals surface area contributed by atoms with Gasteiger partial charge in [-0.1, -0.05) is 30.3 Å². The highest BCUT2D eigenvalue weighted by atomic mass is 16.3. The summed E-state index contributed by atoms with van der Waals surface area (Å²) < 4.78 is 0. The maximum atomic E-state index is 12.8. The van der Waals surface area contributed by atoms with Gasteiger partial charge in [0.1, 0.15) is 5.69 Å². The van der Waals surface area contributed by atoms with Crippen LogP contribution in [0.4, 0.5) is 28.8 Å². The van der Waals surface area contributed by atoms with E-state index in [2.05, 4.69) is 15.3 Å².